The van der Waals surface area contributed by atoms with Crippen LogP contribution in [0.25, 0.3) is 0 Å². The molecular weight excluding hydrogens is 316 g/mol. The number of hydrogen-bond acceptors (Lipinski definition) is 4. The third kappa shape index (κ3) is 3.62. The highest BCUT2D eigenvalue weighted by molar-refractivity contribution is 5.74. The van der Waals surface area contributed by atoms with Crippen molar-refractivity contribution < 1.29 is 9.32 Å². The van der Waals surface area contributed by atoms with Crippen LogP contribution in [-0.4, -0.2) is 42.3 Å². The molecule has 6 nitrogen and oxygen atoms in total. The molecular formula is C19H26N4O2. The zero-order chi connectivity index (χ0) is 18.0. The average molecular weight is 342 g/mol. The predicted octanol–water partition coefficient (Wildman–Crippen LogP) is 2.88. The van der Waals surface area contributed by atoms with Crippen LogP contribution in [0.15, 0.2) is 28.8 Å². The molecule has 1 N–H and O–H groups in total. The van der Waals surface area contributed by atoms with Crippen molar-refractivity contribution in [2.75, 3.05) is 25.0 Å². The Labute approximate surface area is 148 Å². The number of fused-ring (bicyclic) bond motifs is 1. The van der Waals surface area contributed by atoms with Crippen LogP contribution in [0.2, 0.25) is 0 Å². The molecule has 1 aromatic heterocycles. The average Bonchev–Trinajstić information content (AvgIpc) is 3.08. The van der Waals surface area contributed by atoms with E-state index in [1.54, 1.807) is 11.9 Å². The van der Waals surface area contributed by atoms with E-state index in [2.05, 4.69) is 46.6 Å². The minimum absolute atomic E-state index is 0.0832. The zero-order valence-electron chi connectivity index (χ0n) is 15.4. The summed E-state index contributed by atoms with van der Waals surface area (Å²) in [4.78, 5) is 16.4. The Bertz CT molecular complexity index is 736. The lowest BCUT2D eigenvalue weighted by Crippen LogP contribution is -2.42. The molecule has 1 aliphatic heterocycles. The summed E-state index contributed by atoms with van der Waals surface area (Å²) in [5.74, 6) is 0.764. The Hall–Kier alpha value is -2.50. The molecule has 3 rings (SSSR count). The van der Waals surface area contributed by atoms with Crippen molar-refractivity contribution in [2.45, 2.75) is 39.8 Å². The third-order valence-corrected chi connectivity index (χ3v) is 4.90. The van der Waals surface area contributed by atoms with Gasteiger partial charge in [0.15, 0.2) is 0 Å². The minimum Gasteiger partial charge on any atom is -0.367 e. The molecule has 1 unspecified atom stereocenters. The standard InChI is InChI=1S/C19H26N4O2/c1-13-11-16-7-5-6-8-18(16)23(13)10-9-20-19(24)22(4)12-17-14(2)21-25-15(17)3/h5-8,13H,9-12H2,1-4H3,(H,20,24). The molecule has 25 heavy (non-hydrogen) atoms. The van der Waals surface area contributed by atoms with Crippen LogP contribution in [0, 0.1) is 13.8 Å². The fraction of sp³-hybridized carbons (Fsp3) is 0.474. The molecule has 1 aromatic carbocycles. The highest BCUT2D eigenvalue weighted by atomic mass is 16.5. The van der Waals surface area contributed by atoms with E-state index in [1.165, 1.54) is 11.3 Å². The number of nitrogens with one attached hydrogen (secondary N) is 1. The van der Waals surface area contributed by atoms with Gasteiger partial charge >= 0.3 is 6.03 Å². The van der Waals surface area contributed by atoms with Gasteiger partial charge in [0.25, 0.3) is 0 Å². The molecule has 134 valence electrons. The van der Waals surface area contributed by atoms with Gasteiger partial charge in [0, 0.05) is 37.4 Å². The van der Waals surface area contributed by atoms with Gasteiger partial charge in [0.05, 0.1) is 12.2 Å². The van der Waals surface area contributed by atoms with E-state index in [-0.39, 0.29) is 6.03 Å². The van der Waals surface area contributed by atoms with Gasteiger partial charge in [-0.25, -0.2) is 4.79 Å². The van der Waals surface area contributed by atoms with E-state index in [0.717, 1.165) is 30.0 Å². The van der Waals surface area contributed by atoms with Crippen LogP contribution in [0.1, 0.15) is 29.5 Å². The van der Waals surface area contributed by atoms with Gasteiger partial charge < -0.3 is 19.6 Å². The van der Waals surface area contributed by atoms with Crippen LogP contribution in [0.3, 0.4) is 0 Å². The molecule has 2 heterocycles. The topological polar surface area (TPSA) is 61.6 Å². The Morgan fingerprint density at radius 2 is 2.16 bits per heavy atom. The number of amides is 2. The summed E-state index contributed by atoms with van der Waals surface area (Å²) in [6, 6.07) is 8.88. The SMILES string of the molecule is Cc1noc(C)c1CN(C)C(=O)NCCN1c2ccccc2CC1C. The molecule has 0 saturated carbocycles. The van der Waals surface area contributed by atoms with E-state index in [4.69, 9.17) is 4.52 Å². The summed E-state index contributed by atoms with van der Waals surface area (Å²) in [7, 11) is 1.79. The molecule has 1 atom stereocenters. The Kier molecular flexibility index (Phi) is 4.97. The number of carbonyl (C=O) groups excluding carboxylic acids is 1. The van der Waals surface area contributed by atoms with E-state index in [1.807, 2.05) is 13.8 Å². The molecule has 2 aromatic rings. The van der Waals surface area contributed by atoms with Crippen LogP contribution in [0.4, 0.5) is 10.5 Å². The first kappa shape index (κ1) is 17.3. The monoisotopic (exact) mass is 342 g/mol. The van der Waals surface area contributed by atoms with Gasteiger partial charge in [0.1, 0.15) is 5.76 Å². The molecule has 0 aliphatic carbocycles. The van der Waals surface area contributed by atoms with Gasteiger partial charge in [-0.05, 0) is 38.8 Å². The predicted molar refractivity (Wildman–Crippen MR) is 97.8 cm³/mol. The van der Waals surface area contributed by atoms with Crippen LogP contribution < -0.4 is 10.2 Å². The van der Waals surface area contributed by atoms with E-state index >= 15 is 0 Å². The lowest BCUT2D eigenvalue weighted by molar-refractivity contribution is 0.207. The Morgan fingerprint density at radius 3 is 2.88 bits per heavy atom. The van der Waals surface area contributed by atoms with Gasteiger partial charge in [-0.3, -0.25) is 0 Å². The van der Waals surface area contributed by atoms with Crippen molar-refractivity contribution >= 4 is 11.7 Å². The minimum atomic E-state index is -0.0832. The molecule has 6 heteroatoms. The normalized spacial score (nSPS) is 16.0. The van der Waals surface area contributed by atoms with Crippen LogP contribution >= 0.6 is 0 Å². The summed E-state index contributed by atoms with van der Waals surface area (Å²) in [5.41, 5.74) is 4.48. The smallest absolute Gasteiger partial charge is 0.317 e. The number of aryl methyl sites for hydroxylation is 2. The lowest BCUT2D eigenvalue weighted by atomic mass is 10.1. The van der Waals surface area contributed by atoms with Crippen molar-refractivity contribution in [2.24, 2.45) is 0 Å². The number of urea groups is 1. The third-order valence-electron chi connectivity index (χ3n) is 4.90. The highest BCUT2D eigenvalue weighted by Crippen LogP contribution is 2.31. The van der Waals surface area contributed by atoms with Crippen molar-refractivity contribution in [3.8, 4) is 0 Å². The Balaban J connectivity index is 1.51. The molecule has 2 amide bonds. The number of para-hydroxylation sites is 1. The first-order valence-corrected chi connectivity index (χ1v) is 8.72. The number of aromatic nitrogens is 1. The van der Waals surface area contributed by atoms with E-state index < -0.39 is 0 Å². The maximum Gasteiger partial charge on any atom is 0.317 e. The van der Waals surface area contributed by atoms with Crippen LogP contribution in [-0.2, 0) is 13.0 Å². The van der Waals surface area contributed by atoms with Crippen molar-refractivity contribution in [1.82, 2.24) is 15.4 Å². The van der Waals surface area contributed by atoms with E-state index in [0.29, 0.717) is 19.1 Å². The zero-order valence-corrected chi connectivity index (χ0v) is 15.4. The van der Waals surface area contributed by atoms with Crippen molar-refractivity contribution in [1.29, 1.82) is 0 Å². The second kappa shape index (κ2) is 7.17. The molecule has 0 spiro atoms. The van der Waals surface area contributed by atoms with E-state index in [9.17, 15) is 4.79 Å². The summed E-state index contributed by atoms with van der Waals surface area (Å²) < 4.78 is 5.15. The van der Waals surface area contributed by atoms with Crippen LogP contribution in [0.5, 0.6) is 0 Å². The Morgan fingerprint density at radius 1 is 1.40 bits per heavy atom. The summed E-state index contributed by atoms with van der Waals surface area (Å²) in [6.07, 6.45) is 1.07. The maximum atomic E-state index is 12.3. The van der Waals surface area contributed by atoms with Gasteiger partial charge in [0.2, 0.25) is 0 Å². The molecule has 0 saturated heterocycles. The fourth-order valence-electron chi connectivity index (χ4n) is 3.43. The molecule has 0 fully saturated rings. The number of nitrogens with zero attached hydrogens (tertiary/aromatic N) is 3. The second-order valence-electron chi connectivity index (χ2n) is 6.77. The summed E-state index contributed by atoms with van der Waals surface area (Å²) in [6.45, 7) is 7.91. The number of carbonyl (C=O) groups is 1. The summed E-state index contributed by atoms with van der Waals surface area (Å²) >= 11 is 0. The van der Waals surface area contributed by atoms with Crippen molar-refractivity contribution in [3.63, 3.8) is 0 Å². The number of benzene rings is 1. The summed E-state index contributed by atoms with van der Waals surface area (Å²) in [5, 5.41) is 6.94. The lowest BCUT2D eigenvalue weighted by Gasteiger charge is -2.26. The number of hydrogen-bond donors (Lipinski definition) is 1. The highest BCUT2D eigenvalue weighted by Gasteiger charge is 2.25. The quantitative estimate of drug-likeness (QED) is 0.908. The first-order chi connectivity index (χ1) is 12.0. The largest absolute Gasteiger partial charge is 0.367 e. The second-order valence-corrected chi connectivity index (χ2v) is 6.77. The first-order valence-electron chi connectivity index (χ1n) is 8.72. The molecule has 0 radical (unpaired) electrons. The van der Waals surface area contributed by atoms with Crippen molar-refractivity contribution in [3.05, 3.63) is 46.8 Å². The fourth-order valence-corrected chi connectivity index (χ4v) is 3.43. The number of rotatable bonds is 5. The maximum absolute atomic E-state index is 12.3. The molecule has 1 aliphatic rings. The molecule has 0 bridgehead atoms. The van der Waals surface area contributed by atoms with Gasteiger partial charge in [-0.15, -0.1) is 0 Å². The van der Waals surface area contributed by atoms with Gasteiger partial charge in [-0.2, -0.15) is 0 Å². The number of anilines is 1. The van der Waals surface area contributed by atoms with Gasteiger partial charge in [-0.1, -0.05) is 23.4 Å².